The van der Waals surface area contributed by atoms with E-state index in [1.165, 1.54) is 0 Å². The van der Waals surface area contributed by atoms with Crippen LogP contribution in [0.3, 0.4) is 0 Å². The number of hydrogen-bond donors (Lipinski definition) is 2. The van der Waals surface area contributed by atoms with Crippen molar-refractivity contribution in [1.82, 2.24) is 15.5 Å². The van der Waals surface area contributed by atoms with E-state index in [-0.39, 0.29) is 17.6 Å². The molecule has 0 heterocycles. The van der Waals surface area contributed by atoms with Crippen molar-refractivity contribution in [3.8, 4) is 0 Å². The third-order valence-electron chi connectivity index (χ3n) is 2.17. The smallest absolute Gasteiger partial charge is 0.315 e. The number of carbonyl (C=O) groups excluding carboxylic acids is 1. The number of likely N-dealkylation sites (N-methyl/N-ethyl adjacent to an activating group) is 1. The van der Waals surface area contributed by atoms with E-state index in [0.717, 1.165) is 13.0 Å². The van der Waals surface area contributed by atoms with Gasteiger partial charge in [-0.05, 0) is 47.2 Å². The zero-order valence-corrected chi connectivity index (χ0v) is 12.4. The monoisotopic (exact) mass is 243 g/mol. The molecule has 0 rings (SSSR count). The SMILES string of the molecule is CC(C)CC(CN(C)C)NC(=O)NC(C)(C)C. The van der Waals surface area contributed by atoms with E-state index in [2.05, 4.69) is 29.4 Å². The van der Waals surface area contributed by atoms with E-state index < -0.39 is 0 Å². The van der Waals surface area contributed by atoms with Crippen molar-refractivity contribution in [1.29, 1.82) is 0 Å². The largest absolute Gasteiger partial charge is 0.334 e. The van der Waals surface area contributed by atoms with Gasteiger partial charge in [0.1, 0.15) is 0 Å². The first-order valence-corrected chi connectivity index (χ1v) is 6.33. The molecule has 0 spiro atoms. The second-order valence-corrected chi connectivity index (χ2v) is 6.44. The van der Waals surface area contributed by atoms with E-state index in [0.29, 0.717) is 5.92 Å². The molecular weight excluding hydrogens is 214 g/mol. The summed E-state index contributed by atoms with van der Waals surface area (Å²) in [5, 5.41) is 5.97. The number of carbonyl (C=O) groups is 1. The third-order valence-corrected chi connectivity index (χ3v) is 2.17. The normalized spacial score (nSPS) is 13.9. The Kier molecular flexibility index (Phi) is 6.53. The zero-order valence-electron chi connectivity index (χ0n) is 12.4. The summed E-state index contributed by atoms with van der Waals surface area (Å²) in [6.07, 6.45) is 0.996. The maximum Gasteiger partial charge on any atom is 0.315 e. The lowest BCUT2D eigenvalue weighted by atomic mass is 10.0. The summed E-state index contributed by atoms with van der Waals surface area (Å²) in [7, 11) is 4.05. The van der Waals surface area contributed by atoms with Crippen molar-refractivity contribution in [3.63, 3.8) is 0 Å². The number of amides is 2. The predicted octanol–water partition coefficient (Wildman–Crippen LogP) is 2.06. The first kappa shape index (κ1) is 16.2. The Morgan fingerprint density at radius 2 is 1.76 bits per heavy atom. The number of rotatable bonds is 5. The van der Waals surface area contributed by atoms with Crippen molar-refractivity contribution in [2.45, 2.75) is 52.6 Å². The van der Waals surface area contributed by atoms with Gasteiger partial charge < -0.3 is 15.5 Å². The second-order valence-electron chi connectivity index (χ2n) is 6.44. The van der Waals surface area contributed by atoms with Crippen LogP contribution in [-0.4, -0.2) is 43.2 Å². The Hall–Kier alpha value is -0.770. The topological polar surface area (TPSA) is 44.4 Å². The molecule has 0 saturated heterocycles. The molecule has 2 N–H and O–H groups in total. The van der Waals surface area contributed by atoms with Crippen molar-refractivity contribution in [2.75, 3.05) is 20.6 Å². The zero-order chi connectivity index (χ0) is 13.6. The summed E-state index contributed by atoms with van der Waals surface area (Å²) in [5.74, 6) is 0.579. The molecule has 0 bridgehead atoms. The fourth-order valence-corrected chi connectivity index (χ4v) is 1.75. The summed E-state index contributed by atoms with van der Waals surface area (Å²) >= 11 is 0. The van der Waals surface area contributed by atoms with Crippen LogP contribution in [0.1, 0.15) is 41.0 Å². The Morgan fingerprint density at radius 3 is 2.12 bits per heavy atom. The number of urea groups is 1. The summed E-state index contributed by atoms with van der Waals surface area (Å²) in [6.45, 7) is 11.2. The van der Waals surface area contributed by atoms with E-state index in [1.54, 1.807) is 0 Å². The molecular formula is C13H29N3O. The maximum atomic E-state index is 11.8. The Balaban J connectivity index is 4.27. The van der Waals surface area contributed by atoms with Gasteiger partial charge in [-0.15, -0.1) is 0 Å². The Labute approximate surface area is 106 Å². The fourth-order valence-electron chi connectivity index (χ4n) is 1.75. The van der Waals surface area contributed by atoms with Crippen LogP contribution in [0.4, 0.5) is 4.79 Å². The van der Waals surface area contributed by atoms with Crippen molar-refractivity contribution < 1.29 is 4.79 Å². The molecule has 4 nitrogen and oxygen atoms in total. The molecule has 0 saturated carbocycles. The Bertz CT molecular complexity index is 221. The highest BCUT2D eigenvalue weighted by Gasteiger charge is 2.18. The summed E-state index contributed by atoms with van der Waals surface area (Å²) in [6, 6.07) is 0.123. The number of hydrogen-bond acceptors (Lipinski definition) is 2. The second kappa shape index (κ2) is 6.84. The van der Waals surface area contributed by atoms with Gasteiger partial charge in [-0.3, -0.25) is 0 Å². The summed E-state index contributed by atoms with van der Waals surface area (Å²) in [5.41, 5.74) is -0.190. The molecule has 2 amide bonds. The molecule has 102 valence electrons. The van der Waals surface area contributed by atoms with Gasteiger partial charge in [0.15, 0.2) is 0 Å². The molecule has 0 aromatic heterocycles. The Morgan fingerprint density at radius 1 is 1.24 bits per heavy atom. The lowest BCUT2D eigenvalue weighted by Crippen LogP contribution is -2.51. The van der Waals surface area contributed by atoms with Gasteiger partial charge in [-0.2, -0.15) is 0 Å². The highest BCUT2D eigenvalue weighted by atomic mass is 16.2. The quantitative estimate of drug-likeness (QED) is 0.776. The van der Waals surface area contributed by atoms with Gasteiger partial charge in [0, 0.05) is 18.1 Å². The first-order valence-electron chi connectivity index (χ1n) is 6.33. The highest BCUT2D eigenvalue weighted by Crippen LogP contribution is 2.06. The van der Waals surface area contributed by atoms with Crippen molar-refractivity contribution >= 4 is 6.03 Å². The van der Waals surface area contributed by atoms with E-state index in [9.17, 15) is 4.79 Å². The first-order chi connectivity index (χ1) is 7.60. The third kappa shape index (κ3) is 10.1. The molecule has 1 unspecified atom stereocenters. The van der Waals surface area contributed by atoms with Crippen LogP contribution in [0, 0.1) is 5.92 Å². The number of nitrogens with one attached hydrogen (secondary N) is 2. The maximum absolute atomic E-state index is 11.8. The van der Waals surface area contributed by atoms with Crippen LogP contribution in [-0.2, 0) is 0 Å². The molecule has 0 aromatic rings. The van der Waals surface area contributed by atoms with Crippen molar-refractivity contribution in [2.24, 2.45) is 5.92 Å². The van der Waals surface area contributed by atoms with Crippen LogP contribution < -0.4 is 10.6 Å². The van der Waals surface area contributed by atoms with Crippen LogP contribution in [0.2, 0.25) is 0 Å². The standard InChI is InChI=1S/C13H29N3O/c1-10(2)8-11(9-16(6)7)14-12(17)15-13(3,4)5/h10-11H,8-9H2,1-7H3,(H2,14,15,17). The average molecular weight is 243 g/mol. The van der Waals surface area contributed by atoms with Crippen molar-refractivity contribution in [3.05, 3.63) is 0 Å². The lowest BCUT2D eigenvalue weighted by molar-refractivity contribution is 0.220. The molecule has 4 heteroatoms. The predicted molar refractivity (Wildman–Crippen MR) is 73.2 cm³/mol. The van der Waals surface area contributed by atoms with Gasteiger partial charge in [-0.1, -0.05) is 13.8 Å². The average Bonchev–Trinajstić information content (AvgIpc) is 1.95. The van der Waals surface area contributed by atoms with Gasteiger partial charge in [0.2, 0.25) is 0 Å². The van der Waals surface area contributed by atoms with E-state index in [4.69, 9.17) is 0 Å². The minimum atomic E-state index is -0.190. The number of nitrogens with zero attached hydrogens (tertiary/aromatic N) is 1. The molecule has 0 aliphatic carbocycles. The van der Waals surface area contributed by atoms with Gasteiger partial charge >= 0.3 is 6.03 Å². The molecule has 1 atom stereocenters. The summed E-state index contributed by atoms with van der Waals surface area (Å²) < 4.78 is 0. The molecule has 0 fully saturated rings. The van der Waals surface area contributed by atoms with Crippen LogP contribution in [0.25, 0.3) is 0 Å². The van der Waals surface area contributed by atoms with Gasteiger partial charge in [0.25, 0.3) is 0 Å². The lowest BCUT2D eigenvalue weighted by Gasteiger charge is -2.27. The molecule has 17 heavy (non-hydrogen) atoms. The molecule has 0 aromatic carbocycles. The van der Waals surface area contributed by atoms with E-state index >= 15 is 0 Å². The summed E-state index contributed by atoms with van der Waals surface area (Å²) in [4.78, 5) is 13.9. The van der Waals surface area contributed by atoms with Gasteiger partial charge in [0.05, 0.1) is 0 Å². The minimum Gasteiger partial charge on any atom is -0.334 e. The van der Waals surface area contributed by atoms with Crippen LogP contribution in [0.5, 0.6) is 0 Å². The van der Waals surface area contributed by atoms with Crippen LogP contribution >= 0.6 is 0 Å². The van der Waals surface area contributed by atoms with Crippen LogP contribution in [0.15, 0.2) is 0 Å². The fraction of sp³-hybridized carbons (Fsp3) is 0.923. The minimum absolute atomic E-state index is 0.0787. The molecule has 0 aliphatic rings. The molecule has 0 radical (unpaired) electrons. The van der Waals surface area contributed by atoms with Gasteiger partial charge in [-0.25, -0.2) is 4.79 Å². The highest BCUT2D eigenvalue weighted by molar-refractivity contribution is 5.75. The molecule has 0 aliphatic heterocycles. The van der Waals surface area contributed by atoms with E-state index in [1.807, 2.05) is 34.9 Å².